The fourth-order valence-electron chi connectivity index (χ4n) is 1.81. The van der Waals surface area contributed by atoms with Gasteiger partial charge in [0.05, 0.1) is 0 Å². The molecule has 0 fully saturated rings. The predicted octanol–water partition coefficient (Wildman–Crippen LogP) is 2.54. The van der Waals surface area contributed by atoms with Crippen LogP contribution in [0, 0.1) is 0 Å². The van der Waals surface area contributed by atoms with Crippen molar-refractivity contribution in [2.24, 2.45) is 0 Å². The molecule has 0 aliphatic heterocycles. The fourth-order valence-corrected chi connectivity index (χ4v) is 2.00. The summed E-state index contributed by atoms with van der Waals surface area (Å²) in [7, 11) is 0. The number of nitrogens with one attached hydrogen (secondary N) is 1. The molecule has 0 radical (unpaired) electrons. The van der Waals surface area contributed by atoms with E-state index < -0.39 is 5.97 Å². The van der Waals surface area contributed by atoms with Crippen molar-refractivity contribution in [2.45, 2.75) is 6.61 Å². The summed E-state index contributed by atoms with van der Waals surface area (Å²) in [6.07, 6.45) is 7.47. The molecule has 0 amide bonds. The van der Waals surface area contributed by atoms with E-state index in [0.29, 0.717) is 16.7 Å². The largest absolute Gasteiger partial charge is 0.454 e. The molecule has 2 heterocycles. The summed E-state index contributed by atoms with van der Waals surface area (Å²) in [5.74, 6) is 0.595. The van der Waals surface area contributed by atoms with Crippen LogP contribution in [-0.4, -0.2) is 30.7 Å². The number of benzene rings is 1. The Balaban J connectivity index is 1.61. The van der Waals surface area contributed by atoms with Crippen molar-refractivity contribution >= 4 is 23.8 Å². The number of hydrogen-bond donors (Lipinski definition) is 1. The first-order chi connectivity index (χ1) is 11.2. The van der Waals surface area contributed by atoms with Crippen molar-refractivity contribution in [2.75, 3.05) is 0 Å². The molecule has 0 unspecified atom stereocenters. The number of hydrogen-bond acceptors (Lipinski definition) is 5. The van der Waals surface area contributed by atoms with Gasteiger partial charge in [-0.3, -0.25) is 0 Å². The number of halogens is 1. The quantitative estimate of drug-likeness (QED) is 0.574. The van der Waals surface area contributed by atoms with Crippen LogP contribution in [0.25, 0.3) is 17.6 Å². The smallest absolute Gasteiger partial charge is 0.332 e. The zero-order valence-electron chi connectivity index (χ0n) is 11.9. The van der Waals surface area contributed by atoms with E-state index in [1.54, 1.807) is 24.5 Å². The van der Waals surface area contributed by atoms with E-state index in [-0.39, 0.29) is 6.61 Å². The third-order valence-electron chi connectivity index (χ3n) is 2.86. The Kier molecular flexibility index (Phi) is 4.49. The van der Waals surface area contributed by atoms with Crippen molar-refractivity contribution < 1.29 is 9.53 Å². The minimum absolute atomic E-state index is 0.0846. The molecule has 3 aromatic rings. The molecule has 0 spiro atoms. The number of imidazole rings is 1. The number of aromatic amines is 1. The molecule has 1 aromatic carbocycles. The summed E-state index contributed by atoms with van der Waals surface area (Å²) in [5.41, 5.74) is 0.796. The normalized spacial score (nSPS) is 11.0. The second-order valence-electron chi connectivity index (χ2n) is 4.52. The second kappa shape index (κ2) is 6.89. The van der Waals surface area contributed by atoms with Crippen LogP contribution in [0.5, 0.6) is 0 Å². The van der Waals surface area contributed by atoms with Gasteiger partial charge in [0.15, 0.2) is 5.82 Å². The Hall–Kier alpha value is -2.93. The summed E-state index contributed by atoms with van der Waals surface area (Å²) in [5, 5.41) is 4.84. The third-order valence-corrected chi connectivity index (χ3v) is 3.10. The zero-order chi connectivity index (χ0) is 16.1. The summed E-state index contributed by atoms with van der Waals surface area (Å²) >= 11 is 5.94. The first kappa shape index (κ1) is 15.0. The Morgan fingerprint density at radius 1 is 1.39 bits per heavy atom. The Bertz CT molecular complexity index is 826. The lowest BCUT2D eigenvalue weighted by molar-refractivity contribution is -0.139. The summed E-state index contributed by atoms with van der Waals surface area (Å²) < 4.78 is 6.44. The van der Waals surface area contributed by atoms with E-state index >= 15 is 0 Å². The van der Waals surface area contributed by atoms with Gasteiger partial charge >= 0.3 is 5.97 Å². The van der Waals surface area contributed by atoms with E-state index in [2.05, 4.69) is 20.1 Å². The number of rotatable bonds is 5. The maximum absolute atomic E-state index is 11.6. The van der Waals surface area contributed by atoms with E-state index in [1.807, 2.05) is 12.1 Å². The number of ether oxygens (including phenoxy) is 1. The standard InChI is InChI=1S/C15H12ClN5O2/c16-12-3-1-2-11(8-12)15-19-10-21(20-15)7-4-14(22)23-9-13-17-5-6-18-13/h1-8,10H,9H2,(H,17,18)/b7-4-. The van der Waals surface area contributed by atoms with Gasteiger partial charge in [-0.2, -0.15) is 0 Å². The van der Waals surface area contributed by atoms with Crippen LogP contribution in [0.2, 0.25) is 5.02 Å². The molecule has 1 N–H and O–H groups in total. The summed E-state index contributed by atoms with van der Waals surface area (Å²) in [6, 6.07) is 7.21. The highest BCUT2D eigenvalue weighted by Crippen LogP contribution is 2.18. The minimum atomic E-state index is -0.499. The van der Waals surface area contributed by atoms with Crippen LogP contribution >= 0.6 is 11.6 Å². The molecular formula is C15H12ClN5O2. The molecule has 7 nitrogen and oxygen atoms in total. The Morgan fingerprint density at radius 2 is 2.30 bits per heavy atom. The number of aromatic nitrogens is 5. The number of nitrogens with zero attached hydrogens (tertiary/aromatic N) is 4. The average molecular weight is 330 g/mol. The van der Waals surface area contributed by atoms with Crippen molar-refractivity contribution in [1.82, 2.24) is 24.7 Å². The summed E-state index contributed by atoms with van der Waals surface area (Å²) in [4.78, 5) is 22.6. The lowest BCUT2D eigenvalue weighted by atomic mass is 10.2. The lowest BCUT2D eigenvalue weighted by Gasteiger charge is -1.98. The van der Waals surface area contributed by atoms with Gasteiger partial charge in [0.1, 0.15) is 18.8 Å². The van der Waals surface area contributed by atoms with Crippen LogP contribution < -0.4 is 0 Å². The number of H-pyrrole nitrogens is 1. The molecule has 0 aliphatic rings. The van der Waals surface area contributed by atoms with Gasteiger partial charge < -0.3 is 9.72 Å². The van der Waals surface area contributed by atoms with Gasteiger partial charge in [-0.1, -0.05) is 23.7 Å². The maximum Gasteiger partial charge on any atom is 0.332 e. The van der Waals surface area contributed by atoms with Crippen molar-refractivity contribution in [1.29, 1.82) is 0 Å². The lowest BCUT2D eigenvalue weighted by Crippen LogP contribution is -2.02. The first-order valence-electron chi connectivity index (χ1n) is 6.71. The van der Waals surface area contributed by atoms with Gasteiger partial charge in [-0.25, -0.2) is 19.4 Å². The van der Waals surface area contributed by atoms with Gasteiger partial charge in [0.2, 0.25) is 0 Å². The van der Waals surface area contributed by atoms with Gasteiger partial charge in [0, 0.05) is 35.3 Å². The van der Waals surface area contributed by atoms with E-state index in [0.717, 1.165) is 5.56 Å². The first-order valence-corrected chi connectivity index (χ1v) is 7.09. The maximum atomic E-state index is 11.6. The molecular weight excluding hydrogens is 318 g/mol. The van der Waals surface area contributed by atoms with E-state index in [9.17, 15) is 4.79 Å². The van der Waals surface area contributed by atoms with Gasteiger partial charge in [0.25, 0.3) is 0 Å². The fraction of sp³-hybridized carbons (Fsp3) is 0.0667. The van der Waals surface area contributed by atoms with Crippen molar-refractivity contribution in [3.05, 3.63) is 59.9 Å². The molecule has 0 saturated heterocycles. The van der Waals surface area contributed by atoms with Crippen LogP contribution in [0.3, 0.4) is 0 Å². The van der Waals surface area contributed by atoms with Crippen molar-refractivity contribution in [3.8, 4) is 11.4 Å². The second-order valence-corrected chi connectivity index (χ2v) is 4.95. The molecule has 116 valence electrons. The highest BCUT2D eigenvalue weighted by Gasteiger charge is 2.04. The van der Waals surface area contributed by atoms with Crippen LogP contribution in [0.15, 0.2) is 49.1 Å². The topological polar surface area (TPSA) is 85.7 Å². The Morgan fingerprint density at radius 3 is 3.09 bits per heavy atom. The number of esters is 1. The molecule has 0 aliphatic carbocycles. The molecule has 0 saturated carbocycles. The van der Waals surface area contributed by atoms with Crippen LogP contribution in [-0.2, 0) is 16.1 Å². The number of carbonyl (C=O) groups is 1. The van der Waals surface area contributed by atoms with Crippen molar-refractivity contribution in [3.63, 3.8) is 0 Å². The van der Waals surface area contributed by atoms with Gasteiger partial charge in [-0.15, -0.1) is 5.10 Å². The highest BCUT2D eigenvalue weighted by molar-refractivity contribution is 6.30. The summed E-state index contributed by atoms with van der Waals surface area (Å²) in [6.45, 7) is 0.0846. The Labute approximate surface area is 136 Å². The zero-order valence-corrected chi connectivity index (χ0v) is 12.6. The average Bonchev–Trinajstić information content (AvgIpc) is 3.22. The van der Waals surface area contributed by atoms with Crippen LogP contribution in [0.1, 0.15) is 5.82 Å². The van der Waals surface area contributed by atoms with Gasteiger partial charge in [-0.05, 0) is 12.1 Å². The molecule has 0 bridgehead atoms. The predicted molar refractivity (Wildman–Crippen MR) is 84.2 cm³/mol. The molecule has 2 aromatic heterocycles. The molecule has 3 rings (SSSR count). The molecule has 0 atom stereocenters. The highest BCUT2D eigenvalue weighted by atomic mass is 35.5. The third kappa shape index (κ3) is 4.04. The minimum Gasteiger partial charge on any atom is -0.454 e. The SMILES string of the molecule is O=C(/C=C\n1cnc(-c2cccc(Cl)c2)n1)OCc1ncc[nH]1. The molecule has 8 heteroatoms. The van der Waals surface area contributed by atoms with E-state index in [4.69, 9.17) is 16.3 Å². The van der Waals surface area contributed by atoms with E-state index in [1.165, 1.54) is 23.3 Å². The van der Waals surface area contributed by atoms with Crippen LogP contribution in [0.4, 0.5) is 0 Å². The molecule has 23 heavy (non-hydrogen) atoms. The monoisotopic (exact) mass is 329 g/mol. The number of carbonyl (C=O) groups excluding carboxylic acids is 1.